The van der Waals surface area contributed by atoms with Crippen molar-refractivity contribution in [2.75, 3.05) is 19.6 Å². The lowest BCUT2D eigenvalue weighted by Crippen LogP contribution is -2.52. The topological polar surface area (TPSA) is 41.1 Å². The number of hydrogen-bond acceptors (Lipinski definition) is 2. The molecule has 0 radical (unpaired) electrons. The van der Waals surface area contributed by atoms with Gasteiger partial charge in [0.25, 0.3) is 0 Å². The second kappa shape index (κ2) is 5.29. The van der Waals surface area contributed by atoms with Gasteiger partial charge < -0.3 is 10.6 Å². The summed E-state index contributed by atoms with van der Waals surface area (Å²) in [5.74, 6) is 0.281. The Hall–Kier alpha value is -1.06. The van der Waals surface area contributed by atoms with E-state index in [2.05, 4.69) is 24.5 Å². The van der Waals surface area contributed by atoms with E-state index in [4.69, 9.17) is 11.6 Å². The third-order valence-corrected chi connectivity index (χ3v) is 3.70. The SMILES string of the molecule is CC(C)(CNC(=O)C1CNC1)c1cccc(Cl)c1. The Balaban J connectivity index is 1.96. The van der Waals surface area contributed by atoms with Crippen LogP contribution in [0.2, 0.25) is 5.02 Å². The van der Waals surface area contributed by atoms with E-state index < -0.39 is 0 Å². The predicted octanol–water partition coefficient (Wildman–Crippen LogP) is 1.95. The van der Waals surface area contributed by atoms with Crippen molar-refractivity contribution in [3.05, 3.63) is 34.9 Å². The Bertz CT molecular complexity index is 441. The van der Waals surface area contributed by atoms with Gasteiger partial charge in [0, 0.05) is 30.1 Å². The van der Waals surface area contributed by atoms with E-state index >= 15 is 0 Å². The fraction of sp³-hybridized carbons (Fsp3) is 0.500. The average Bonchev–Trinajstić information content (AvgIpc) is 2.24. The zero-order valence-corrected chi connectivity index (χ0v) is 11.6. The molecule has 0 unspecified atom stereocenters. The highest BCUT2D eigenvalue weighted by molar-refractivity contribution is 6.30. The molecule has 3 nitrogen and oxygen atoms in total. The summed E-state index contributed by atoms with van der Waals surface area (Å²) in [4.78, 5) is 11.8. The fourth-order valence-corrected chi connectivity index (χ4v) is 2.13. The van der Waals surface area contributed by atoms with E-state index in [1.807, 2.05) is 24.3 Å². The zero-order chi connectivity index (χ0) is 13.2. The summed E-state index contributed by atoms with van der Waals surface area (Å²) < 4.78 is 0. The largest absolute Gasteiger partial charge is 0.355 e. The Morgan fingerprint density at radius 3 is 2.78 bits per heavy atom. The third kappa shape index (κ3) is 3.03. The lowest BCUT2D eigenvalue weighted by Gasteiger charge is -2.30. The molecule has 0 saturated carbocycles. The number of carbonyl (C=O) groups excluding carboxylic acids is 1. The maximum absolute atomic E-state index is 11.8. The Kier molecular flexibility index (Phi) is 3.93. The smallest absolute Gasteiger partial charge is 0.225 e. The van der Waals surface area contributed by atoms with Crippen LogP contribution in [0.4, 0.5) is 0 Å². The van der Waals surface area contributed by atoms with Crippen LogP contribution in [-0.2, 0) is 10.2 Å². The zero-order valence-electron chi connectivity index (χ0n) is 10.8. The van der Waals surface area contributed by atoms with Crippen LogP contribution in [-0.4, -0.2) is 25.5 Å². The van der Waals surface area contributed by atoms with E-state index in [1.54, 1.807) is 0 Å². The maximum atomic E-state index is 11.8. The van der Waals surface area contributed by atoms with E-state index in [9.17, 15) is 4.79 Å². The van der Waals surface area contributed by atoms with Crippen molar-refractivity contribution in [2.45, 2.75) is 19.3 Å². The van der Waals surface area contributed by atoms with Gasteiger partial charge in [0.05, 0.1) is 5.92 Å². The van der Waals surface area contributed by atoms with Gasteiger partial charge in [-0.25, -0.2) is 0 Å². The lowest BCUT2D eigenvalue weighted by molar-refractivity contribution is -0.126. The van der Waals surface area contributed by atoms with E-state index in [0.29, 0.717) is 6.54 Å². The molecule has 1 aliphatic rings. The monoisotopic (exact) mass is 266 g/mol. The van der Waals surface area contributed by atoms with Gasteiger partial charge in [0.2, 0.25) is 5.91 Å². The van der Waals surface area contributed by atoms with Gasteiger partial charge in [0.1, 0.15) is 0 Å². The molecule has 1 saturated heterocycles. The molecule has 4 heteroatoms. The Morgan fingerprint density at radius 2 is 2.22 bits per heavy atom. The van der Waals surface area contributed by atoms with Gasteiger partial charge in [-0.15, -0.1) is 0 Å². The minimum absolute atomic E-state index is 0.113. The Labute approximate surface area is 113 Å². The number of hydrogen-bond donors (Lipinski definition) is 2. The van der Waals surface area contributed by atoms with Crippen molar-refractivity contribution in [1.82, 2.24) is 10.6 Å². The first-order chi connectivity index (χ1) is 8.49. The predicted molar refractivity (Wildman–Crippen MR) is 73.8 cm³/mol. The van der Waals surface area contributed by atoms with E-state index in [1.165, 1.54) is 0 Å². The van der Waals surface area contributed by atoms with Crippen LogP contribution >= 0.6 is 11.6 Å². The molecule has 0 aromatic heterocycles. The lowest BCUT2D eigenvalue weighted by atomic mass is 9.84. The molecule has 0 atom stereocenters. The van der Waals surface area contributed by atoms with Gasteiger partial charge in [-0.1, -0.05) is 37.6 Å². The Morgan fingerprint density at radius 1 is 1.50 bits per heavy atom. The quantitative estimate of drug-likeness (QED) is 0.875. The molecule has 1 aromatic carbocycles. The molecular weight excluding hydrogens is 248 g/mol. The maximum Gasteiger partial charge on any atom is 0.225 e. The first-order valence-corrected chi connectivity index (χ1v) is 6.61. The van der Waals surface area contributed by atoms with Crippen molar-refractivity contribution in [2.24, 2.45) is 5.92 Å². The highest BCUT2D eigenvalue weighted by atomic mass is 35.5. The van der Waals surface area contributed by atoms with Crippen molar-refractivity contribution in [1.29, 1.82) is 0 Å². The summed E-state index contributed by atoms with van der Waals surface area (Å²) in [5, 5.41) is 6.85. The summed E-state index contributed by atoms with van der Waals surface area (Å²) in [6.45, 7) is 6.44. The second-order valence-corrected chi connectivity index (χ2v) is 5.90. The first kappa shape index (κ1) is 13.4. The summed E-state index contributed by atoms with van der Waals surface area (Å²) in [6, 6.07) is 7.80. The van der Waals surface area contributed by atoms with E-state index in [0.717, 1.165) is 23.7 Å². The molecule has 2 rings (SSSR count). The molecule has 1 fully saturated rings. The molecule has 0 bridgehead atoms. The molecule has 1 amide bonds. The number of benzene rings is 1. The van der Waals surface area contributed by atoms with Crippen molar-refractivity contribution < 1.29 is 4.79 Å². The van der Waals surface area contributed by atoms with Crippen LogP contribution in [0.15, 0.2) is 24.3 Å². The van der Waals surface area contributed by atoms with Crippen LogP contribution in [0, 0.1) is 5.92 Å². The number of halogens is 1. The van der Waals surface area contributed by atoms with E-state index in [-0.39, 0.29) is 17.2 Å². The number of amides is 1. The van der Waals surface area contributed by atoms with Gasteiger partial charge in [-0.3, -0.25) is 4.79 Å². The van der Waals surface area contributed by atoms with Crippen molar-refractivity contribution in [3.63, 3.8) is 0 Å². The molecular formula is C14H19ClN2O. The van der Waals surface area contributed by atoms with Crippen LogP contribution in [0.25, 0.3) is 0 Å². The van der Waals surface area contributed by atoms with Crippen molar-refractivity contribution in [3.8, 4) is 0 Å². The van der Waals surface area contributed by atoms with Crippen molar-refractivity contribution >= 4 is 17.5 Å². The molecule has 1 aliphatic heterocycles. The number of rotatable bonds is 4. The minimum Gasteiger partial charge on any atom is -0.355 e. The van der Waals surface area contributed by atoms with Gasteiger partial charge in [0.15, 0.2) is 0 Å². The molecule has 98 valence electrons. The third-order valence-electron chi connectivity index (χ3n) is 3.46. The molecule has 18 heavy (non-hydrogen) atoms. The van der Waals surface area contributed by atoms with Crippen LogP contribution in [0.3, 0.4) is 0 Å². The summed E-state index contributed by atoms with van der Waals surface area (Å²) in [7, 11) is 0. The summed E-state index contributed by atoms with van der Waals surface area (Å²) >= 11 is 6.00. The number of nitrogens with one attached hydrogen (secondary N) is 2. The van der Waals surface area contributed by atoms with Gasteiger partial charge in [-0.05, 0) is 17.7 Å². The number of carbonyl (C=O) groups is 1. The summed E-state index contributed by atoms with van der Waals surface area (Å²) in [6.07, 6.45) is 0. The first-order valence-electron chi connectivity index (χ1n) is 6.23. The normalized spacial score (nSPS) is 16.2. The van der Waals surface area contributed by atoms with Gasteiger partial charge >= 0.3 is 0 Å². The highest BCUT2D eigenvalue weighted by Crippen LogP contribution is 2.25. The van der Waals surface area contributed by atoms with Gasteiger partial charge in [-0.2, -0.15) is 0 Å². The molecule has 0 spiro atoms. The summed E-state index contributed by atoms with van der Waals surface area (Å²) in [5.41, 5.74) is 1.03. The van der Waals surface area contributed by atoms with Crippen LogP contribution < -0.4 is 10.6 Å². The molecule has 0 aliphatic carbocycles. The second-order valence-electron chi connectivity index (χ2n) is 5.47. The van der Waals surface area contributed by atoms with Crippen LogP contribution in [0.5, 0.6) is 0 Å². The van der Waals surface area contributed by atoms with Crippen LogP contribution in [0.1, 0.15) is 19.4 Å². The average molecular weight is 267 g/mol. The fourth-order valence-electron chi connectivity index (χ4n) is 1.94. The molecule has 1 heterocycles. The molecule has 2 N–H and O–H groups in total. The highest BCUT2D eigenvalue weighted by Gasteiger charge is 2.27. The standard InChI is InChI=1S/C14H19ClN2O/c1-14(2,11-4-3-5-12(15)6-11)9-17-13(18)10-7-16-8-10/h3-6,10,16H,7-9H2,1-2H3,(H,17,18). The minimum atomic E-state index is -0.113. The molecule has 1 aromatic rings.